The molecule has 10 aromatic carbocycles. The first-order valence-corrected chi connectivity index (χ1v) is 28.2. The van der Waals surface area contributed by atoms with Gasteiger partial charge in [-0.25, -0.2) is 10.0 Å². The Bertz CT molecular complexity index is 3830. The first-order valence-electron chi connectivity index (χ1n) is 28.2. The number of hydrogen-bond acceptors (Lipinski definition) is 4. The molecule has 0 fully saturated rings. The van der Waals surface area contributed by atoms with Crippen LogP contribution in [0.2, 0.25) is 0 Å². The number of benzene rings is 10. The van der Waals surface area contributed by atoms with Gasteiger partial charge in [-0.2, -0.15) is 10.2 Å². The molecule has 2 heterocycles. The van der Waals surface area contributed by atoms with Crippen LogP contribution in [0.25, 0.3) is 67.9 Å². The average molecular weight is 1040 g/mol. The Kier molecular flexibility index (Phi) is 15.7. The second kappa shape index (κ2) is 24.7. The van der Waals surface area contributed by atoms with Crippen LogP contribution in [-0.2, 0) is 13.1 Å². The van der Waals surface area contributed by atoms with Crippen LogP contribution in [0.5, 0.6) is 0 Å². The van der Waals surface area contributed by atoms with E-state index in [2.05, 4.69) is 264 Å². The molecule has 0 aliphatic rings. The Hall–Kier alpha value is -9.78. The van der Waals surface area contributed by atoms with E-state index in [9.17, 15) is 0 Å². The molecule has 0 atom stereocenters. The summed E-state index contributed by atoms with van der Waals surface area (Å²) in [5, 5.41) is 19.3. The van der Waals surface area contributed by atoms with Crippen molar-refractivity contribution in [3.05, 3.63) is 288 Å². The summed E-state index contributed by atoms with van der Waals surface area (Å²) in [7, 11) is 0. The molecular weight excluding hydrogens is 973 g/mol. The maximum atomic E-state index is 5.10. The van der Waals surface area contributed by atoms with Gasteiger partial charge in [-0.15, -0.1) is 0 Å². The predicted octanol–water partition coefficient (Wildman–Crippen LogP) is 19.6. The van der Waals surface area contributed by atoms with Crippen LogP contribution in [0.4, 0.5) is 22.7 Å². The normalized spacial score (nSPS) is 11.9. The molecule has 390 valence electrons. The van der Waals surface area contributed by atoms with Gasteiger partial charge in [0.15, 0.2) is 0 Å². The van der Waals surface area contributed by atoms with Gasteiger partial charge in [0.1, 0.15) is 0 Å². The maximum absolute atomic E-state index is 5.10. The molecule has 0 amide bonds. The van der Waals surface area contributed by atoms with Crippen LogP contribution in [0.3, 0.4) is 0 Å². The van der Waals surface area contributed by atoms with Crippen LogP contribution in [0.1, 0.15) is 71.9 Å². The number of rotatable bonds is 21. The summed E-state index contributed by atoms with van der Waals surface area (Å²) in [5.41, 5.74) is 15.9. The number of fused-ring (bicyclic) bond motifs is 6. The van der Waals surface area contributed by atoms with Crippen molar-refractivity contribution in [2.24, 2.45) is 10.2 Å². The Balaban J connectivity index is 0.672. The second-order valence-electron chi connectivity index (χ2n) is 20.5. The number of aromatic nitrogens is 2. The van der Waals surface area contributed by atoms with Crippen molar-refractivity contribution in [1.29, 1.82) is 0 Å². The van der Waals surface area contributed by atoms with Gasteiger partial charge in [0.05, 0.1) is 35.2 Å². The highest BCUT2D eigenvalue weighted by atomic mass is 15.5. The standard InChI is InChI=1S/C74H64N6/c1(3-21-51-77-71-33-19-17-31-67(71)69-53-61(43-49-73(69)77)55-75-79(63-27-13-7-14-28-63)65-45-39-59(40-46-65)37-35-57-23-9-5-10-24-57)2-4-22-52-78-72-34-20-18-32-68(72)70-54-62(44-50-74(70)78)56-76-80(64-29-15-8-16-30-64)66-47-41-60(42-48-66)38-36-58-25-11-6-12-26-58/h5-20,23-50,53-56H,1-4,21-22,51-52H2. The lowest BCUT2D eigenvalue weighted by molar-refractivity contribution is 0.545. The number of aryl methyl sites for hydroxylation is 2. The number of hydrogen-bond donors (Lipinski definition) is 0. The lowest BCUT2D eigenvalue weighted by Crippen LogP contribution is -2.09. The smallest absolute Gasteiger partial charge is 0.0653 e. The van der Waals surface area contributed by atoms with Crippen molar-refractivity contribution in [3.63, 3.8) is 0 Å². The van der Waals surface area contributed by atoms with Crippen LogP contribution < -0.4 is 10.0 Å². The SMILES string of the molecule is C(=Cc1ccc(N(N=Cc2ccc3c(c2)c2ccccc2n3CCCCCCCCn2c3ccccc3c3cc(C=NN(c4ccccc4)c4ccc(C=Cc5ccccc5)cc4)ccc32)c2ccccc2)cc1)c1ccccc1. The van der Waals surface area contributed by atoms with Crippen LogP contribution in [-0.4, -0.2) is 21.6 Å². The van der Waals surface area contributed by atoms with E-state index in [1.807, 2.05) is 46.7 Å². The lowest BCUT2D eigenvalue weighted by Gasteiger charge is -2.19. The Morgan fingerprint density at radius 2 is 0.562 bits per heavy atom. The molecule has 0 bridgehead atoms. The van der Waals surface area contributed by atoms with E-state index in [1.165, 1.54) is 80.4 Å². The Labute approximate surface area is 469 Å². The minimum Gasteiger partial charge on any atom is -0.340 e. The van der Waals surface area contributed by atoms with E-state index in [0.717, 1.165) is 70.9 Å². The number of nitrogens with zero attached hydrogens (tertiary/aromatic N) is 6. The van der Waals surface area contributed by atoms with Gasteiger partial charge >= 0.3 is 0 Å². The number of hydrazone groups is 2. The molecule has 0 aliphatic heterocycles. The molecule has 12 aromatic rings. The molecule has 80 heavy (non-hydrogen) atoms. The van der Waals surface area contributed by atoms with Gasteiger partial charge in [0.2, 0.25) is 0 Å². The van der Waals surface area contributed by atoms with E-state index in [0.29, 0.717) is 0 Å². The van der Waals surface area contributed by atoms with E-state index in [-0.39, 0.29) is 0 Å². The molecule has 0 N–H and O–H groups in total. The van der Waals surface area contributed by atoms with Crippen molar-refractivity contribution in [2.45, 2.75) is 51.6 Å². The van der Waals surface area contributed by atoms with Crippen LogP contribution in [0.15, 0.2) is 265 Å². The topological polar surface area (TPSA) is 41.1 Å². The monoisotopic (exact) mass is 1040 g/mol. The summed E-state index contributed by atoms with van der Waals surface area (Å²) in [6, 6.07) is 90.0. The van der Waals surface area contributed by atoms with E-state index >= 15 is 0 Å². The number of anilines is 4. The summed E-state index contributed by atoms with van der Waals surface area (Å²) in [6.07, 6.45) is 19.7. The molecule has 0 saturated carbocycles. The lowest BCUT2D eigenvalue weighted by atomic mass is 10.1. The minimum absolute atomic E-state index is 0.995. The molecule has 0 radical (unpaired) electrons. The summed E-state index contributed by atoms with van der Waals surface area (Å²) in [5.74, 6) is 0. The first-order chi connectivity index (χ1) is 39.7. The van der Waals surface area contributed by atoms with Crippen molar-refractivity contribution in [2.75, 3.05) is 10.0 Å². The van der Waals surface area contributed by atoms with E-state index in [4.69, 9.17) is 10.2 Å². The third-order valence-corrected chi connectivity index (χ3v) is 15.1. The fourth-order valence-corrected chi connectivity index (χ4v) is 11.0. The highest BCUT2D eigenvalue weighted by molar-refractivity contribution is 6.10. The zero-order chi connectivity index (χ0) is 53.7. The van der Waals surface area contributed by atoms with Gasteiger partial charge in [-0.1, -0.05) is 220 Å². The molecule has 0 saturated heterocycles. The van der Waals surface area contributed by atoms with Crippen molar-refractivity contribution >= 4 is 103 Å². The van der Waals surface area contributed by atoms with Gasteiger partial charge < -0.3 is 9.13 Å². The van der Waals surface area contributed by atoms with Gasteiger partial charge in [0.25, 0.3) is 0 Å². The predicted molar refractivity (Wildman–Crippen MR) is 343 cm³/mol. The fourth-order valence-electron chi connectivity index (χ4n) is 11.0. The summed E-state index contributed by atoms with van der Waals surface area (Å²) >= 11 is 0. The zero-order valence-corrected chi connectivity index (χ0v) is 45.1. The molecule has 6 heteroatoms. The van der Waals surface area contributed by atoms with E-state index in [1.54, 1.807) is 0 Å². The average Bonchev–Trinajstić information content (AvgIpc) is 4.07. The van der Waals surface area contributed by atoms with Gasteiger partial charge in [-0.3, -0.25) is 0 Å². The van der Waals surface area contributed by atoms with Crippen molar-refractivity contribution < 1.29 is 0 Å². The summed E-state index contributed by atoms with van der Waals surface area (Å²) in [6.45, 7) is 1.99. The van der Waals surface area contributed by atoms with Crippen LogP contribution >= 0.6 is 0 Å². The number of unbranched alkanes of at least 4 members (excludes halogenated alkanes) is 5. The quantitative estimate of drug-likeness (QED) is 0.0311. The molecule has 0 spiro atoms. The van der Waals surface area contributed by atoms with Crippen molar-refractivity contribution in [1.82, 2.24) is 9.13 Å². The number of para-hydroxylation sites is 4. The van der Waals surface area contributed by atoms with Crippen LogP contribution in [0, 0.1) is 0 Å². The van der Waals surface area contributed by atoms with Gasteiger partial charge in [0, 0.05) is 56.7 Å². The first kappa shape index (κ1) is 51.0. The largest absolute Gasteiger partial charge is 0.340 e. The molecule has 12 rings (SSSR count). The molecule has 0 aliphatic carbocycles. The molecular formula is C74H64N6. The van der Waals surface area contributed by atoms with Crippen molar-refractivity contribution in [3.8, 4) is 0 Å². The zero-order valence-electron chi connectivity index (χ0n) is 45.1. The molecule has 6 nitrogen and oxygen atoms in total. The maximum Gasteiger partial charge on any atom is 0.0653 e. The molecule has 2 aromatic heterocycles. The third kappa shape index (κ3) is 11.9. The second-order valence-corrected chi connectivity index (χ2v) is 20.5. The Morgan fingerprint density at radius 3 is 0.963 bits per heavy atom. The molecule has 0 unspecified atom stereocenters. The highest BCUT2D eigenvalue weighted by Gasteiger charge is 2.15. The summed E-state index contributed by atoms with van der Waals surface area (Å²) in [4.78, 5) is 0. The fraction of sp³-hybridized carbons (Fsp3) is 0.108. The highest BCUT2D eigenvalue weighted by Crippen LogP contribution is 2.34. The van der Waals surface area contributed by atoms with Gasteiger partial charge in [-0.05, 0) is 131 Å². The minimum atomic E-state index is 0.995. The summed E-state index contributed by atoms with van der Waals surface area (Å²) < 4.78 is 5.05. The third-order valence-electron chi connectivity index (χ3n) is 15.1. The Morgan fingerprint density at radius 1 is 0.263 bits per heavy atom. The van der Waals surface area contributed by atoms with E-state index < -0.39 is 0 Å².